The van der Waals surface area contributed by atoms with E-state index in [1.54, 1.807) is 4.90 Å². The highest BCUT2D eigenvalue weighted by Gasteiger charge is 2.23. The smallest absolute Gasteiger partial charge is 0.236 e. The van der Waals surface area contributed by atoms with Crippen LogP contribution in [0, 0.1) is 5.92 Å². The van der Waals surface area contributed by atoms with Gasteiger partial charge in [0, 0.05) is 13.1 Å². The first-order valence-corrected chi connectivity index (χ1v) is 3.95. The van der Waals surface area contributed by atoms with E-state index in [2.05, 4.69) is 0 Å². The van der Waals surface area contributed by atoms with Crippen molar-refractivity contribution >= 4 is 18.3 Å². The van der Waals surface area contributed by atoms with Gasteiger partial charge in [-0.2, -0.15) is 0 Å². The van der Waals surface area contributed by atoms with Gasteiger partial charge in [0.15, 0.2) is 0 Å². The van der Waals surface area contributed by atoms with E-state index >= 15 is 0 Å². The molecule has 0 aromatic heterocycles. The zero-order chi connectivity index (χ0) is 8.27. The van der Waals surface area contributed by atoms with Crippen molar-refractivity contribution < 1.29 is 4.79 Å². The molecule has 4 N–H and O–H groups in total. The average Bonchev–Trinajstić information content (AvgIpc) is 2.50. The number of nitrogens with zero attached hydrogens (tertiary/aromatic N) is 1. The van der Waals surface area contributed by atoms with E-state index in [9.17, 15) is 4.79 Å². The van der Waals surface area contributed by atoms with E-state index in [0.717, 1.165) is 19.5 Å². The normalized spacial score (nSPS) is 22.2. The predicted molar refractivity (Wildman–Crippen MR) is 50.0 cm³/mol. The van der Waals surface area contributed by atoms with Crippen LogP contribution < -0.4 is 11.5 Å². The minimum Gasteiger partial charge on any atom is -0.341 e. The fourth-order valence-electron chi connectivity index (χ4n) is 1.38. The molecule has 1 amide bonds. The van der Waals surface area contributed by atoms with Gasteiger partial charge in [0.1, 0.15) is 0 Å². The summed E-state index contributed by atoms with van der Waals surface area (Å²) in [6.45, 7) is 2.43. The van der Waals surface area contributed by atoms with Crippen LogP contribution in [0.3, 0.4) is 0 Å². The van der Waals surface area contributed by atoms with Crippen molar-refractivity contribution in [3.63, 3.8) is 0 Å². The number of nitrogens with two attached hydrogens (primary N) is 2. The first-order valence-electron chi connectivity index (χ1n) is 3.95. The number of hydrogen-bond donors (Lipinski definition) is 2. The SMILES string of the molecule is Cl.NCC(=O)N1CCC(CN)C1. The fraction of sp³-hybridized carbons (Fsp3) is 0.857. The lowest BCUT2D eigenvalue weighted by atomic mass is 10.1. The summed E-state index contributed by atoms with van der Waals surface area (Å²) in [4.78, 5) is 12.8. The van der Waals surface area contributed by atoms with Gasteiger partial charge in [0.05, 0.1) is 6.54 Å². The standard InChI is InChI=1S/C7H15N3O.ClH/c8-3-6-1-2-10(5-6)7(11)4-9;/h6H,1-5,8-9H2;1H. The highest BCUT2D eigenvalue weighted by molar-refractivity contribution is 5.85. The van der Waals surface area contributed by atoms with E-state index in [4.69, 9.17) is 11.5 Å². The number of amides is 1. The minimum absolute atomic E-state index is 0. The van der Waals surface area contributed by atoms with Gasteiger partial charge in [0.25, 0.3) is 0 Å². The Morgan fingerprint density at radius 2 is 2.17 bits per heavy atom. The Hall–Kier alpha value is -0.320. The van der Waals surface area contributed by atoms with E-state index in [0.29, 0.717) is 12.5 Å². The number of hydrogen-bond acceptors (Lipinski definition) is 3. The summed E-state index contributed by atoms with van der Waals surface area (Å²) in [5.41, 5.74) is 10.7. The maximum atomic E-state index is 11.0. The number of carbonyl (C=O) groups excluding carboxylic acids is 1. The van der Waals surface area contributed by atoms with Gasteiger partial charge in [-0.3, -0.25) is 4.79 Å². The Kier molecular flexibility index (Phi) is 5.20. The fourth-order valence-corrected chi connectivity index (χ4v) is 1.38. The van der Waals surface area contributed by atoms with Crippen LogP contribution in [0.15, 0.2) is 0 Å². The molecule has 1 aliphatic rings. The maximum absolute atomic E-state index is 11.0. The van der Waals surface area contributed by atoms with Crippen molar-refractivity contribution in [1.82, 2.24) is 4.90 Å². The third kappa shape index (κ3) is 2.62. The molecular weight excluding hydrogens is 178 g/mol. The van der Waals surface area contributed by atoms with Crippen LogP contribution >= 0.6 is 12.4 Å². The number of halogens is 1. The van der Waals surface area contributed by atoms with Crippen LogP contribution in [0.2, 0.25) is 0 Å². The summed E-state index contributed by atoms with van der Waals surface area (Å²) in [6.07, 6.45) is 1.03. The van der Waals surface area contributed by atoms with E-state index in [1.807, 2.05) is 0 Å². The molecule has 1 rings (SSSR count). The molecule has 0 radical (unpaired) electrons. The summed E-state index contributed by atoms with van der Waals surface area (Å²) >= 11 is 0. The Morgan fingerprint density at radius 3 is 2.58 bits per heavy atom. The van der Waals surface area contributed by atoms with Crippen LogP contribution in [0.5, 0.6) is 0 Å². The third-order valence-corrected chi connectivity index (χ3v) is 2.15. The second-order valence-electron chi connectivity index (χ2n) is 2.93. The van der Waals surface area contributed by atoms with Crippen LogP contribution in [0.4, 0.5) is 0 Å². The largest absolute Gasteiger partial charge is 0.341 e. The van der Waals surface area contributed by atoms with Gasteiger partial charge in [-0.25, -0.2) is 0 Å². The van der Waals surface area contributed by atoms with Crippen molar-refractivity contribution in [2.45, 2.75) is 6.42 Å². The minimum atomic E-state index is 0. The molecule has 1 heterocycles. The predicted octanol–water partition coefficient (Wildman–Crippen LogP) is -0.826. The summed E-state index contributed by atoms with van der Waals surface area (Å²) in [6, 6.07) is 0. The molecule has 4 nitrogen and oxygen atoms in total. The summed E-state index contributed by atoms with van der Waals surface area (Å²) < 4.78 is 0. The van der Waals surface area contributed by atoms with Gasteiger partial charge in [-0.15, -0.1) is 12.4 Å². The van der Waals surface area contributed by atoms with Crippen molar-refractivity contribution in [2.24, 2.45) is 17.4 Å². The lowest BCUT2D eigenvalue weighted by Crippen LogP contribution is -2.34. The average molecular weight is 194 g/mol. The zero-order valence-corrected chi connectivity index (χ0v) is 7.85. The van der Waals surface area contributed by atoms with Crippen molar-refractivity contribution in [3.8, 4) is 0 Å². The Morgan fingerprint density at radius 1 is 1.50 bits per heavy atom. The monoisotopic (exact) mass is 193 g/mol. The molecule has 72 valence electrons. The highest BCUT2D eigenvalue weighted by atomic mass is 35.5. The zero-order valence-electron chi connectivity index (χ0n) is 7.03. The Balaban J connectivity index is 0.00000121. The lowest BCUT2D eigenvalue weighted by molar-refractivity contribution is -0.128. The van der Waals surface area contributed by atoms with E-state index in [-0.39, 0.29) is 24.9 Å². The maximum Gasteiger partial charge on any atom is 0.236 e. The van der Waals surface area contributed by atoms with Crippen molar-refractivity contribution in [3.05, 3.63) is 0 Å². The molecule has 0 saturated carbocycles. The molecular formula is C7H16ClN3O. The van der Waals surface area contributed by atoms with Crippen molar-refractivity contribution in [1.29, 1.82) is 0 Å². The van der Waals surface area contributed by atoms with Gasteiger partial charge >= 0.3 is 0 Å². The van der Waals surface area contributed by atoms with Gasteiger partial charge in [-0.05, 0) is 18.9 Å². The highest BCUT2D eigenvalue weighted by Crippen LogP contribution is 2.13. The topological polar surface area (TPSA) is 72.4 Å². The Labute approximate surface area is 78.7 Å². The van der Waals surface area contributed by atoms with Gasteiger partial charge < -0.3 is 16.4 Å². The van der Waals surface area contributed by atoms with Gasteiger partial charge in [-0.1, -0.05) is 0 Å². The number of rotatable bonds is 2. The summed E-state index contributed by atoms with van der Waals surface area (Å²) in [7, 11) is 0. The van der Waals surface area contributed by atoms with Crippen LogP contribution in [0.25, 0.3) is 0 Å². The second kappa shape index (κ2) is 5.35. The molecule has 1 unspecified atom stereocenters. The third-order valence-electron chi connectivity index (χ3n) is 2.15. The molecule has 1 fully saturated rings. The molecule has 0 aromatic rings. The molecule has 0 aliphatic carbocycles. The molecule has 12 heavy (non-hydrogen) atoms. The van der Waals surface area contributed by atoms with Crippen LogP contribution in [-0.2, 0) is 4.79 Å². The van der Waals surface area contributed by atoms with Crippen LogP contribution in [0.1, 0.15) is 6.42 Å². The lowest BCUT2D eigenvalue weighted by Gasteiger charge is -2.14. The number of carbonyl (C=O) groups is 1. The van der Waals surface area contributed by atoms with Gasteiger partial charge in [0.2, 0.25) is 5.91 Å². The van der Waals surface area contributed by atoms with E-state index < -0.39 is 0 Å². The first-order chi connectivity index (χ1) is 5.27. The molecule has 1 saturated heterocycles. The molecule has 0 bridgehead atoms. The molecule has 5 heteroatoms. The molecule has 1 atom stereocenters. The summed E-state index contributed by atoms with van der Waals surface area (Å²) in [5, 5.41) is 0. The number of likely N-dealkylation sites (tertiary alicyclic amines) is 1. The molecule has 1 aliphatic heterocycles. The molecule has 0 spiro atoms. The first kappa shape index (κ1) is 11.7. The second-order valence-corrected chi connectivity index (χ2v) is 2.93. The quantitative estimate of drug-likeness (QED) is 0.602. The Bertz CT molecular complexity index is 154. The van der Waals surface area contributed by atoms with Crippen LogP contribution in [-0.4, -0.2) is 37.0 Å². The van der Waals surface area contributed by atoms with Crippen molar-refractivity contribution in [2.75, 3.05) is 26.2 Å². The van der Waals surface area contributed by atoms with E-state index in [1.165, 1.54) is 0 Å². The molecule has 0 aromatic carbocycles. The summed E-state index contributed by atoms with van der Waals surface area (Å²) in [5.74, 6) is 0.534.